The molecule has 0 spiro atoms. The number of nitrogens with zero attached hydrogens (tertiary/aromatic N) is 4. The third-order valence-electron chi connectivity index (χ3n) is 8.00. The summed E-state index contributed by atoms with van der Waals surface area (Å²) in [6.45, 7) is 5.88. The molecule has 7 rings (SSSR count). The molecule has 1 saturated heterocycles. The lowest BCUT2D eigenvalue weighted by Crippen LogP contribution is -2.34. The van der Waals surface area contributed by atoms with Gasteiger partial charge in [0, 0.05) is 47.5 Å². The Kier molecular flexibility index (Phi) is 5.92. The van der Waals surface area contributed by atoms with Crippen molar-refractivity contribution in [3.05, 3.63) is 83.2 Å². The van der Waals surface area contributed by atoms with Crippen molar-refractivity contribution in [1.29, 1.82) is 0 Å². The summed E-state index contributed by atoms with van der Waals surface area (Å²) >= 11 is 0. The van der Waals surface area contributed by atoms with Crippen molar-refractivity contribution in [1.82, 2.24) is 30.3 Å². The fourth-order valence-electron chi connectivity index (χ4n) is 6.05. The number of nitrogens with one attached hydrogen (secondary N) is 2. The highest BCUT2D eigenvalue weighted by Gasteiger charge is 2.30. The Hall–Kier alpha value is -4.11. The maximum atomic E-state index is 14.2. The van der Waals surface area contributed by atoms with Crippen LogP contribution < -0.4 is 4.74 Å². The largest absolute Gasteiger partial charge is 0.487 e. The van der Waals surface area contributed by atoms with Crippen LogP contribution in [0.1, 0.15) is 49.6 Å². The number of aromatic amines is 2. The van der Waals surface area contributed by atoms with Crippen LogP contribution in [0.5, 0.6) is 5.75 Å². The molecule has 0 radical (unpaired) electrons. The summed E-state index contributed by atoms with van der Waals surface area (Å²) in [6.07, 6.45) is 2.72. The van der Waals surface area contributed by atoms with E-state index < -0.39 is 11.6 Å². The fraction of sp³-hybridized carbons (Fsp3) is 0.323. The van der Waals surface area contributed by atoms with E-state index in [1.54, 1.807) is 0 Å². The van der Waals surface area contributed by atoms with E-state index in [0.29, 0.717) is 12.4 Å². The molecule has 0 amide bonds. The van der Waals surface area contributed by atoms with Crippen molar-refractivity contribution in [2.75, 3.05) is 13.1 Å². The SMILES string of the molecule is CC1(C)Cc2cc(-c3n[nH]c4ccc(-c5n[nH]c(C6CCCN(Cc7c(F)cccc7F)C6)n5)cc34)ccc2O1. The van der Waals surface area contributed by atoms with E-state index in [-0.39, 0.29) is 23.6 Å². The molecule has 1 atom stereocenters. The molecule has 204 valence electrons. The monoisotopic (exact) mass is 540 g/mol. The van der Waals surface area contributed by atoms with Crippen molar-refractivity contribution >= 4 is 10.9 Å². The predicted octanol–water partition coefficient (Wildman–Crippen LogP) is 6.39. The second-order valence-electron chi connectivity index (χ2n) is 11.5. The Balaban J connectivity index is 1.13. The van der Waals surface area contributed by atoms with Gasteiger partial charge >= 0.3 is 0 Å². The van der Waals surface area contributed by atoms with Crippen LogP contribution >= 0.6 is 0 Å². The molecule has 40 heavy (non-hydrogen) atoms. The molecular formula is C31H30F2N6O. The van der Waals surface area contributed by atoms with Crippen molar-refractivity contribution < 1.29 is 13.5 Å². The van der Waals surface area contributed by atoms with Gasteiger partial charge in [0.05, 0.1) is 11.2 Å². The van der Waals surface area contributed by atoms with Gasteiger partial charge in [0.25, 0.3) is 0 Å². The van der Waals surface area contributed by atoms with Gasteiger partial charge in [0.1, 0.15) is 28.8 Å². The van der Waals surface area contributed by atoms with E-state index in [0.717, 1.165) is 65.1 Å². The van der Waals surface area contributed by atoms with E-state index in [9.17, 15) is 8.78 Å². The van der Waals surface area contributed by atoms with E-state index in [4.69, 9.17) is 9.72 Å². The standard InChI is InChI=1S/C31H30F2N6O/c1-31(2)15-21-13-18(9-11-27(21)40-31)28-22-14-19(8-10-26(22)35-36-28)29-34-30(38-37-29)20-5-4-12-39(16-20)17-23-24(32)6-3-7-25(23)33/h3,6-11,13-14,20H,4-5,12,15-17H2,1-2H3,(H,35,36)(H,34,37,38). The number of hydrogen-bond acceptors (Lipinski definition) is 5. The summed E-state index contributed by atoms with van der Waals surface area (Å²) in [5, 5.41) is 16.4. The summed E-state index contributed by atoms with van der Waals surface area (Å²) < 4.78 is 34.5. The molecule has 2 aliphatic rings. The van der Waals surface area contributed by atoms with Gasteiger partial charge in [0.2, 0.25) is 0 Å². The van der Waals surface area contributed by atoms with Crippen LogP contribution in [0, 0.1) is 11.6 Å². The van der Waals surface area contributed by atoms with E-state index in [2.05, 4.69) is 57.3 Å². The van der Waals surface area contributed by atoms with Gasteiger partial charge in [-0.1, -0.05) is 6.07 Å². The Morgan fingerprint density at radius 2 is 1.82 bits per heavy atom. The van der Waals surface area contributed by atoms with Crippen molar-refractivity contribution in [2.45, 2.75) is 51.2 Å². The maximum Gasteiger partial charge on any atom is 0.181 e. The third kappa shape index (κ3) is 4.54. The highest BCUT2D eigenvalue weighted by molar-refractivity contribution is 5.95. The number of rotatable bonds is 5. The van der Waals surface area contributed by atoms with Crippen molar-refractivity contribution in [3.8, 4) is 28.4 Å². The number of H-pyrrole nitrogens is 2. The van der Waals surface area contributed by atoms with Gasteiger partial charge in [0.15, 0.2) is 5.82 Å². The normalized spacial score (nSPS) is 18.6. The zero-order valence-electron chi connectivity index (χ0n) is 22.5. The molecule has 0 aliphatic carbocycles. The number of likely N-dealkylation sites (tertiary alicyclic amines) is 1. The van der Waals surface area contributed by atoms with E-state index in [1.807, 2.05) is 18.2 Å². The number of aromatic nitrogens is 5. The molecule has 1 fully saturated rings. The number of ether oxygens (including phenoxy) is 1. The molecule has 9 heteroatoms. The Morgan fingerprint density at radius 3 is 2.67 bits per heavy atom. The molecule has 2 N–H and O–H groups in total. The first-order chi connectivity index (χ1) is 19.3. The van der Waals surface area contributed by atoms with Crippen LogP contribution in [0.15, 0.2) is 54.6 Å². The van der Waals surface area contributed by atoms with Gasteiger partial charge in [-0.25, -0.2) is 13.8 Å². The summed E-state index contributed by atoms with van der Waals surface area (Å²) in [7, 11) is 0. The predicted molar refractivity (Wildman–Crippen MR) is 149 cm³/mol. The van der Waals surface area contributed by atoms with Crippen LogP contribution in [0.4, 0.5) is 8.78 Å². The number of hydrogen-bond donors (Lipinski definition) is 2. The highest BCUT2D eigenvalue weighted by Crippen LogP contribution is 2.38. The van der Waals surface area contributed by atoms with Gasteiger partial charge in [-0.15, -0.1) is 0 Å². The molecule has 2 aliphatic heterocycles. The third-order valence-corrected chi connectivity index (χ3v) is 8.00. The van der Waals surface area contributed by atoms with Gasteiger partial charge in [-0.2, -0.15) is 10.2 Å². The number of benzene rings is 3. The Labute approximate surface area is 230 Å². The lowest BCUT2D eigenvalue weighted by molar-refractivity contribution is 0.138. The number of fused-ring (bicyclic) bond motifs is 2. The highest BCUT2D eigenvalue weighted by atomic mass is 19.1. The Bertz CT molecular complexity index is 1700. The summed E-state index contributed by atoms with van der Waals surface area (Å²) in [6, 6.07) is 16.3. The minimum absolute atomic E-state index is 0.107. The molecule has 4 heterocycles. The molecule has 0 saturated carbocycles. The molecule has 3 aromatic carbocycles. The Morgan fingerprint density at radius 1 is 1.00 bits per heavy atom. The van der Waals surface area contributed by atoms with E-state index in [1.165, 1.54) is 23.8 Å². The molecule has 2 aromatic heterocycles. The molecule has 0 bridgehead atoms. The maximum absolute atomic E-state index is 14.2. The van der Waals surface area contributed by atoms with Crippen LogP contribution in [-0.2, 0) is 13.0 Å². The first kappa shape index (κ1) is 24.9. The average Bonchev–Trinajstić information content (AvgIpc) is 3.66. The van der Waals surface area contributed by atoms with Crippen LogP contribution in [0.2, 0.25) is 0 Å². The van der Waals surface area contributed by atoms with Crippen LogP contribution in [0.3, 0.4) is 0 Å². The first-order valence-electron chi connectivity index (χ1n) is 13.7. The second-order valence-corrected chi connectivity index (χ2v) is 11.5. The molecule has 1 unspecified atom stereocenters. The van der Waals surface area contributed by atoms with Crippen molar-refractivity contribution in [2.24, 2.45) is 0 Å². The zero-order chi connectivity index (χ0) is 27.4. The van der Waals surface area contributed by atoms with Crippen LogP contribution in [0.25, 0.3) is 33.5 Å². The van der Waals surface area contributed by atoms with Gasteiger partial charge in [-0.3, -0.25) is 15.1 Å². The lowest BCUT2D eigenvalue weighted by Gasteiger charge is -2.31. The fourth-order valence-corrected chi connectivity index (χ4v) is 6.05. The summed E-state index contributed by atoms with van der Waals surface area (Å²) in [5.41, 5.74) is 4.85. The molecule has 7 nitrogen and oxygen atoms in total. The molecular weight excluding hydrogens is 510 g/mol. The number of halogens is 2. The summed E-state index contributed by atoms with van der Waals surface area (Å²) in [4.78, 5) is 6.94. The van der Waals surface area contributed by atoms with Gasteiger partial charge in [-0.05, 0) is 87.3 Å². The number of piperidine rings is 1. The smallest absolute Gasteiger partial charge is 0.181 e. The second kappa shape index (κ2) is 9.52. The minimum Gasteiger partial charge on any atom is -0.487 e. The summed E-state index contributed by atoms with van der Waals surface area (Å²) in [5.74, 6) is 1.44. The van der Waals surface area contributed by atoms with Crippen LogP contribution in [-0.4, -0.2) is 49.0 Å². The van der Waals surface area contributed by atoms with Gasteiger partial charge < -0.3 is 4.74 Å². The topological polar surface area (TPSA) is 82.7 Å². The first-order valence-corrected chi connectivity index (χ1v) is 13.7. The van der Waals surface area contributed by atoms with Crippen molar-refractivity contribution in [3.63, 3.8) is 0 Å². The quantitative estimate of drug-likeness (QED) is 0.270. The zero-order valence-corrected chi connectivity index (χ0v) is 22.5. The lowest BCUT2D eigenvalue weighted by atomic mass is 9.96. The van der Waals surface area contributed by atoms with E-state index >= 15 is 0 Å². The average molecular weight is 541 g/mol. The molecule has 5 aromatic rings. The minimum atomic E-state index is -0.504.